The van der Waals surface area contributed by atoms with Gasteiger partial charge in [0.2, 0.25) is 0 Å². The van der Waals surface area contributed by atoms with Crippen LogP contribution >= 0.6 is 0 Å². The van der Waals surface area contributed by atoms with E-state index in [2.05, 4.69) is 20.5 Å². The number of carbonyl (C=O) groups is 1. The summed E-state index contributed by atoms with van der Waals surface area (Å²) in [5.41, 5.74) is 5.43. The molecule has 0 atom stereocenters. The maximum atomic E-state index is 12.5. The Hall–Kier alpha value is -1.97. The predicted octanol–water partition coefficient (Wildman–Crippen LogP) is 0.302. The quantitative estimate of drug-likeness (QED) is 0.653. The van der Waals surface area contributed by atoms with Gasteiger partial charge in [0, 0.05) is 58.1 Å². The molecule has 3 fully saturated rings. The van der Waals surface area contributed by atoms with Gasteiger partial charge in [-0.15, -0.1) is 0 Å². The molecule has 2 aliphatic heterocycles. The fraction of sp³-hybridized carbons (Fsp3) is 0.750. The minimum Gasteiger partial charge on any atom is -0.330 e. The van der Waals surface area contributed by atoms with Crippen LogP contribution in [0.5, 0.6) is 0 Å². The molecule has 1 aromatic rings. The van der Waals surface area contributed by atoms with Crippen LogP contribution < -0.4 is 22.1 Å². The van der Waals surface area contributed by atoms with Crippen molar-refractivity contribution in [2.24, 2.45) is 17.6 Å². The zero-order chi connectivity index (χ0) is 20.2. The Bertz CT molecular complexity index is 747. The van der Waals surface area contributed by atoms with Crippen molar-refractivity contribution in [1.29, 1.82) is 0 Å². The Morgan fingerprint density at radius 3 is 2.55 bits per heavy atom. The number of hydrogen-bond acceptors (Lipinski definition) is 6. The fourth-order valence-corrected chi connectivity index (χ4v) is 4.76. The number of amides is 2. The number of likely N-dealkylation sites (tertiary alicyclic amines) is 1. The lowest BCUT2D eigenvalue weighted by molar-refractivity contribution is 0.0733. The van der Waals surface area contributed by atoms with E-state index < -0.39 is 0 Å². The van der Waals surface area contributed by atoms with Crippen LogP contribution in [0.3, 0.4) is 0 Å². The molecule has 4 rings (SSSR count). The number of rotatable bonds is 5. The molecule has 1 aromatic heterocycles. The van der Waals surface area contributed by atoms with Gasteiger partial charge in [0.25, 0.3) is 0 Å². The maximum Gasteiger partial charge on any atom is 0.349 e. The Balaban J connectivity index is 1.27. The normalized spacial score (nSPS) is 26.2. The highest BCUT2D eigenvalue weighted by atomic mass is 16.2. The van der Waals surface area contributed by atoms with E-state index in [-0.39, 0.29) is 17.8 Å². The third kappa shape index (κ3) is 4.96. The lowest BCUT2D eigenvalue weighted by Gasteiger charge is -2.42. The smallest absolute Gasteiger partial charge is 0.330 e. The van der Waals surface area contributed by atoms with E-state index in [0.717, 1.165) is 65.0 Å². The molecule has 9 heteroatoms. The third-order valence-corrected chi connectivity index (χ3v) is 6.56. The van der Waals surface area contributed by atoms with Crippen LogP contribution in [0.2, 0.25) is 0 Å². The number of carbonyl (C=O) groups excluding carboxylic acids is 1. The first-order valence-corrected chi connectivity index (χ1v) is 10.9. The number of hydrogen-bond donors (Lipinski definition) is 3. The minimum absolute atomic E-state index is 0.195. The van der Waals surface area contributed by atoms with Crippen LogP contribution in [0, 0.1) is 11.8 Å². The molecule has 3 aliphatic rings. The molecule has 1 aliphatic carbocycles. The SMILES string of the molecule is NCC1CN(CC2CCC(n3ccc(NC(=O)N4CCNCC4)nc3=O)CC2)C1. The molecule has 29 heavy (non-hydrogen) atoms. The molecule has 2 saturated heterocycles. The number of urea groups is 1. The molecule has 0 unspecified atom stereocenters. The molecule has 3 heterocycles. The second-order valence-corrected chi connectivity index (χ2v) is 8.66. The third-order valence-electron chi connectivity index (χ3n) is 6.56. The van der Waals surface area contributed by atoms with Gasteiger partial charge in [0.15, 0.2) is 0 Å². The monoisotopic (exact) mass is 403 g/mol. The summed E-state index contributed by atoms with van der Waals surface area (Å²) in [6.07, 6.45) is 6.08. The van der Waals surface area contributed by atoms with Gasteiger partial charge in [-0.25, -0.2) is 9.59 Å². The average molecular weight is 404 g/mol. The van der Waals surface area contributed by atoms with E-state index >= 15 is 0 Å². The van der Waals surface area contributed by atoms with Crippen molar-refractivity contribution < 1.29 is 4.79 Å². The van der Waals surface area contributed by atoms with Crippen molar-refractivity contribution in [2.45, 2.75) is 31.7 Å². The van der Waals surface area contributed by atoms with Crippen LogP contribution in [0.1, 0.15) is 31.7 Å². The zero-order valence-corrected chi connectivity index (χ0v) is 17.1. The Morgan fingerprint density at radius 1 is 1.17 bits per heavy atom. The van der Waals surface area contributed by atoms with E-state index in [4.69, 9.17) is 5.73 Å². The Kier molecular flexibility index (Phi) is 6.46. The molecule has 0 spiro atoms. The Morgan fingerprint density at radius 2 is 1.90 bits per heavy atom. The van der Waals surface area contributed by atoms with Crippen LogP contribution in [-0.4, -0.2) is 77.7 Å². The summed E-state index contributed by atoms with van der Waals surface area (Å²) in [4.78, 5) is 33.2. The molecular weight excluding hydrogens is 370 g/mol. The lowest BCUT2D eigenvalue weighted by Crippen LogP contribution is -2.51. The topological polar surface area (TPSA) is 109 Å². The molecule has 0 aromatic carbocycles. The van der Waals surface area contributed by atoms with E-state index in [1.54, 1.807) is 21.7 Å². The largest absolute Gasteiger partial charge is 0.349 e. The average Bonchev–Trinajstić information content (AvgIpc) is 2.72. The lowest BCUT2D eigenvalue weighted by atomic mass is 9.84. The highest BCUT2D eigenvalue weighted by molar-refractivity contribution is 5.88. The van der Waals surface area contributed by atoms with Crippen LogP contribution in [0.25, 0.3) is 0 Å². The van der Waals surface area contributed by atoms with Crippen LogP contribution in [-0.2, 0) is 0 Å². The van der Waals surface area contributed by atoms with Gasteiger partial charge in [-0.1, -0.05) is 0 Å². The summed E-state index contributed by atoms with van der Waals surface area (Å²) in [6.45, 7) is 7.14. The number of piperazine rings is 1. The molecular formula is C20H33N7O2. The van der Waals surface area contributed by atoms with Gasteiger partial charge >= 0.3 is 11.7 Å². The Labute approximate surface area is 171 Å². The molecule has 2 amide bonds. The molecule has 0 bridgehead atoms. The number of nitrogens with two attached hydrogens (primary N) is 1. The summed E-state index contributed by atoms with van der Waals surface area (Å²) in [6, 6.07) is 1.75. The maximum absolute atomic E-state index is 12.5. The van der Waals surface area contributed by atoms with E-state index in [9.17, 15) is 9.59 Å². The van der Waals surface area contributed by atoms with Gasteiger partial charge in [-0.2, -0.15) is 4.98 Å². The summed E-state index contributed by atoms with van der Waals surface area (Å²) >= 11 is 0. The van der Waals surface area contributed by atoms with Gasteiger partial charge < -0.3 is 20.9 Å². The van der Waals surface area contributed by atoms with Crippen LogP contribution in [0.4, 0.5) is 10.6 Å². The highest BCUT2D eigenvalue weighted by Crippen LogP contribution is 2.33. The predicted molar refractivity (Wildman–Crippen MR) is 112 cm³/mol. The highest BCUT2D eigenvalue weighted by Gasteiger charge is 2.30. The first-order valence-electron chi connectivity index (χ1n) is 10.9. The number of aromatic nitrogens is 2. The van der Waals surface area contributed by atoms with E-state index in [1.165, 1.54) is 0 Å². The second-order valence-electron chi connectivity index (χ2n) is 8.66. The van der Waals surface area contributed by atoms with Gasteiger partial charge in [-0.05, 0) is 50.1 Å². The summed E-state index contributed by atoms with van der Waals surface area (Å²) < 4.78 is 1.74. The van der Waals surface area contributed by atoms with Crippen LogP contribution in [0.15, 0.2) is 17.1 Å². The fourth-order valence-electron chi connectivity index (χ4n) is 4.76. The first kappa shape index (κ1) is 20.3. The van der Waals surface area contributed by atoms with Crippen molar-refractivity contribution in [1.82, 2.24) is 24.7 Å². The van der Waals surface area contributed by atoms with Crippen molar-refractivity contribution in [2.75, 3.05) is 57.7 Å². The van der Waals surface area contributed by atoms with Crippen molar-refractivity contribution in [3.8, 4) is 0 Å². The summed E-state index contributed by atoms with van der Waals surface area (Å²) in [5.74, 6) is 1.73. The van der Waals surface area contributed by atoms with Crippen molar-refractivity contribution in [3.05, 3.63) is 22.7 Å². The van der Waals surface area contributed by atoms with E-state index in [1.807, 2.05) is 0 Å². The minimum atomic E-state index is -0.278. The summed E-state index contributed by atoms with van der Waals surface area (Å²) in [5, 5.41) is 5.97. The van der Waals surface area contributed by atoms with Gasteiger partial charge in [0.1, 0.15) is 5.82 Å². The van der Waals surface area contributed by atoms with Crippen molar-refractivity contribution >= 4 is 11.8 Å². The molecule has 1 saturated carbocycles. The van der Waals surface area contributed by atoms with Crippen molar-refractivity contribution in [3.63, 3.8) is 0 Å². The van der Waals surface area contributed by atoms with Gasteiger partial charge in [0.05, 0.1) is 0 Å². The number of anilines is 1. The van der Waals surface area contributed by atoms with Gasteiger partial charge in [-0.3, -0.25) is 9.88 Å². The zero-order valence-electron chi connectivity index (χ0n) is 17.1. The number of nitrogens with zero attached hydrogens (tertiary/aromatic N) is 4. The number of nitrogens with one attached hydrogen (secondary N) is 2. The van der Waals surface area contributed by atoms with E-state index in [0.29, 0.717) is 30.7 Å². The molecule has 0 radical (unpaired) electrons. The summed E-state index contributed by atoms with van der Waals surface area (Å²) in [7, 11) is 0. The standard InChI is InChI=1S/C20H33N7O2/c21-11-16-13-25(14-16)12-15-1-3-17(4-2-15)27-8-5-18(24-20(27)29)23-19(28)26-9-6-22-7-10-26/h5,8,15-17,22H,1-4,6-7,9-14,21H2,(H,23,24,28,29). The first-order chi connectivity index (χ1) is 14.1. The second kappa shape index (κ2) is 9.23. The molecule has 160 valence electrons. The molecule has 4 N–H and O–H groups in total. The molecule has 9 nitrogen and oxygen atoms in total.